The second-order valence-corrected chi connectivity index (χ2v) is 6.82. The fourth-order valence-corrected chi connectivity index (χ4v) is 3.41. The van der Waals surface area contributed by atoms with Gasteiger partial charge in [-0.05, 0) is 47.2 Å². The second kappa shape index (κ2) is 7.59. The van der Waals surface area contributed by atoms with Crippen LogP contribution in [0.25, 0.3) is 5.69 Å². The van der Waals surface area contributed by atoms with E-state index >= 15 is 0 Å². The standard InChI is InChI=1S/C20H20N6O2/c1-14(15-5-3-2-4-6-15)25-12-16(11-19(25)27)20(28)22-17-7-9-18(10-8-17)26-13-21-23-24-26/h2-10,13-14,16H,11-12H2,1H3,(H,22,28). The SMILES string of the molecule is CC(c1ccccc1)N1CC(C(=O)Nc2ccc(-n3cnnn3)cc2)CC1=O. The second-order valence-electron chi connectivity index (χ2n) is 6.82. The van der Waals surface area contributed by atoms with Gasteiger partial charge >= 0.3 is 0 Å². The van der Waals surface area contributed by atoms with Crippen LogP contribution in [0, 0.1) is 5.92 Å². The summed E-state index contributed by atoms with van der Waals surface area (Å²) < 4.78 is 1.53. The van der Waals surface area contributed by atoms with Crippen LogP contribution in [0.4, 0.5) is 5.69 Å². The molecule has 1 aromatic heterocycles. The summed E-state index contributed by atoms with van der Waals surface area (Å²) in [5.74, 6) is -0.505. The Balaban J connectivity index is 1.39. The Morgan fingerprint density at radius 1 is 1.14 bits per heavy atom. The van der Waals surface area contributed by atoms with Crippen molar-refractivity contribution >= 4 is 17.5 Å². The maximum atomic E-state index is 12.7. The van der Waals surface area contributed by atoms with Crippen LogP contribution in [-0.2, 0) is 9.59 Å². The van der Waals surface area contributed by atoms with Gasteiger partial charge in [0, 0.05) is 18.7 Å². The highest BCUT2D eigenvalue weighted by atomic mass is 16.2. The number of amides is 2. The summed E-state index contributed by atoms with van der Waals surface area (Å²) in [5, 5.41) is 13.9. The van der Waals surface area contributed by atoms with E-state index in [0.717, 1.165) is 11.3 Å². The average Bonchev–Trinajstić information content (AvgIpc) is 3.39. The molecule has 142 valence electrons. The molecule has 2 aromatic carbocycles. The van der Waals surface area contributed by atoms with E-state index in [1.807, 2.05) is 49.4 Å². The molecule has 0 bridgehead atoms. The molecule has 1 aliphatic heterocycles. The summed E-state index contributed by atoms with van der Waals surface area (Å²) in [7, 11) is 0. The fraction of sp³-hybridized carbons (Fsp3) is 0.250. The molecule has 8 nitrogen and oxygen atoms in total. The first kappa shape index (κ1) is 17.8. The number of benzene rings is 2. The van der Waals surface area contributed by atoms with E-state index in [0.29, 0.717) is 12.2 Å². The largest absolute Gasteiger partial charge is 0.335 e. The smallest absolute Gasteiger partial charge is 0.229 e. The van der Waals surface area contributed by atoms with E-state index in [1.54, 1.807) is 17.0 Å². The molecule has 4 rings (SSSR count). The number of aromatic nitrogens is 4. The van der Waals surface area contributed by atoms with E-state index in [9.17, 15) is 9.59 Å². The predicted molar refractivity (Wildman–Crippen MR) is 102 cm³/mol. The molecule has 2 amide bonds. The molecular formula is C20H20N6O2. The van der Waals surface area contributed by atoms with Gasteiger partial charge in [-0.1, -0.05) is 30.3 Å². The molecule has 1 N–H and O–H groups in total. The number of tetrazole rings is 1. The zero-order chi connectivity index (χ0) is 19.5. The van der Waals surface area contributed by atoms with Gasteiger partial charge in [0.2, 0.25) is 11.8 Å². The third kappa shape index (κ3) is 3.62. The summed E-state index contributed by atoms with van der Waals surface area (Å²) in [5.41, 5.74) is 2.53. The van der Waals surface area contributed by atoms with E-state index in [2.05, 4.69) is 20.8 Å². The first-order chi connectivity index (χ1) is 13.6. The van der Waals surface area contributed by atoms with Gasteiger partial charge in [-0.15, -0.1) is 5.10 Å². The number of likely N-dealkylation sites (tertiary alicyclic amines) is 1. The summed E-state index contributed by atoms with van der Waals surface area (Å²) in [4.78, 5) is 26.9. The lowest BCUT2D eigenvalue weighted by Gasteiger charge is -2.25. The molecule has 0 aliphatic carbocycles. The van der Waals surface area contributed by atoms with Crippen molar-refractivity contribution in [2.45, 2.75) is 19.4 Å². The number of carbonyl (C=O) groups is 2. The van der Waals surface area contributed by atoms with Crippen molar-refractivity contribution < 1.29 is 9.59 Å². The van der Waals surface area contributed by atoms with Crippen LogP contribution in [0.2, 0.25) is 0 Å². The van der Waals surface area contributed by atoms with E-state index in [4.69, 9.17) is 0 Å². The van der Waals surface area contributed by atoms with Gasteiger partial charge in [-0.3, -0.25) is 9.59 Å². The fourth-order valence-electron chi connectivity index (χ4n) is 3.41. The van der Waals surface area contributed by atoms with Crippen LogP contribution in [0.1, 0.15) is 24.9 Å². The highest BCUT2D eigenvalue weighted by molar-refractivity contribution is 5.97. The number of rotatable bonds is 5. The number of nitrogens with one attached hydrogen (secondary N) is 1. The third-order valence-corrected chi connectivity index (χ3v) is 5.03. The molecule has 0 spiro atoms. The minimum absolute atomic E-state index is 0.00512. The topological polar surface area (TPSA) is 93.0 Å². The van der Waals surface area contributed by atoms with Gasteiger partial charge in [-0.2, -0.15) is 0 Å². The quantitative estimate of drug-likeness (QED) is 0.737. The molecule has 1 aliphatic rings. The Kier molecular flexibility index (Phi) is 4.84. The molecule has 2 heterocycles. The van der Waals surface area contributed by atoms with Crippen LogP contribution in [0.3, 0.4) is 0 Å². The predicted octanol–water partition coefficient (Wildman–Crippen LogP) is 2.21. The highest BCUT2D eigenvalue weighted by Crippen LogP contribution is 2.29. The van der Waals surface area contributed by atoms with E-state index in [-0.39, 0.29) is 30.2 Å². The van der Waals surface area contributed by atoms with Crippen molar-refractivity contribution in [3.63, 3.8) is 0 Å². The monoisotopic (exact) mass is 376 g/mol. The Bertz CT molecular complexity index is 956. The summed E-state index contributed by atoms with van der Waals surface area (Å²) >= 11 is 0. The average molecular weight is 376 g/mol. The lowest BCUT2D eigenvalue weighted by Crippen LogP contribution is -2.30. The molecule has 2 unspecified atom stereocenters. The van der Waals surface area contributed by atoms with Crippen molar-refractivity contribution in [2.24, 2.45) is 5.92 Å². The summed E-state index contributed by atoms with van der Waals surface area (Å²) in [6.45, 7) is 2.41. The first-order valence-corrected chi connectivity index (χ1v) is 9.10. The molecule has 1 saturated heterocycles. The minimum atomic E-state index is -0.363. The molecule has 28 heavy (non-hydrogen) atoms. The molecular weight excluding hydrogens is 356 g/mol. The lowest BCUT2D eigenvalue weighted by atomic mass is 10.1. The Morgan fingerprint density at radius 2 is 1.89 bits per heavy atom. The van der Waals surface area contributed by atoms with Crippen molar-refractivity contribution in [1.29, 1.82) is 0 Å². The Morgan fingerprint density at radius 3 is 2.57 bits per heavy atom. The Labute approximate surface area is 162 Å². The van der Waals surface area contributed by atoms with Gasteiger partial charge in [0.1, 0.15) is 6.33 Å². The van der Waals surface area contributed by atoms with Crippen LogP contribution in [-0.4, -0.2) is 43.5 Å². The zero-order valence-electron chi connectivity index (χ0n) is 15.4. The third-order valence-electron chi connectivity index (χ3n) is 5.03. The van der Waals surface area contributed by atoms with Crippen molar-refractivity contribution in [3.05, 3.63) is 66.5 Å². The molecule has 0 saturated carbocycles. The van der Waals surface area contributed by atoms with Gasteiger partial charge in [0.25, 0.3) is 0 Å². The molecule has 1 fully saturated rings. The highest BCUT2D eigenvalue weighted by Gasteiger charge is 2.37. The molecule has 0 radical (unpaired) electrons. The molecule has 8 heteroatoms. The molecule has 2 atom stereocenters. The van der Waals surface area contributed by atoms with Crippen molar-refractivity contribution in [3.8, 4) is 5.69 Å². The van der Waals surface area contributed by atoms with Crippen LogP contribution >= 0.6 is 0 Å². The van der Waals surface area contributed by atoms with E-state index in [1.165, 1.54) is 11.0 Å². The van der Waals surface area contributed by atoms with Crippen LogP contribution < -0.4 is 5.32 Å². The summed E-state index contributed by atoms with van der Waals surface area (Å²) in [6.07, 6.45) is 1.73. The lowest BCUT2D eigenvalue weighted by molar-refractivity contribution is -0.129. The number of nitrogens with zero attached hydrogens (tertiary/aromatic N) is 5. The maximum Gasteiger partial charge on any atom is 0.229 e. The number of hydrogen-bond donors (Lipinski definition) is 1. The summed E-state index contributed by atoms with van der Waals surface area (Å²) in [6, 6.07) is 17.0. The van der Waals surface area contributed by atoms with Crippen molar-refractivity contribution in [1.82, 2.24) is 25.1 Å². The Hall–Kier alpha value is -3.55. The molecule has 3 aromatic rings. The van der Waals surface area contributed by atoms with Crippen molar-refractivity contribution in [2.75, 3.05) is 11.9 Å². The van der Waals surface area contributed by atoms with Gasteiger partial charge < -0.3 is 10.2 Å². The normalized spacial score (nSPS) is 17.5. The van der Waals surface area contributed by atoms with Crippen LogP contribution in [0.15, 0.2) is 60.9 Å². The van der Waals surface area contributed by atoms with Gasteiger partial charge in [-0.25, -0.2) is 4.68 Å². The zero-order valence-corrected chi connectivity index (χ0v) is 15.4. The van der Waals surface area contributed by atoms with Gasteiger partial charge in [0.05, 0.1) is 17.6 Å². The van der Waals surface area contributed by atoms with Crippen LogP contribution in [0.5, 0.6) is 0 Å². The van der Waals surface area contributed by atoms with Gasteiger partial charge in [0.15, 0.2) is 0 Å². The number of anilines is 1. The first-order valence-electron chi connectivity index (χ1n) is 9.10. The minimum Gasteiger partial charge on any atom is -0.335 e. The number of hydrogen-bond acceptors (Lipinski definition) is 5. The van der Waals surface area contributed by atoms with E-state index < -0.39 is 0 Å². The maximum absolute atomic E-state index is 12.7. The number of carbonyl (C=O) groups excluding carboxylic acids is 2.